The summed E-state index contributed by atoms with van der Waals surface area (Å²) in [7, 11) is 0. The fourth-order valence-electron chi connectivity index (χ4n) is 4.52. The second-order valence-corrected chi connectivity index (χ2v) is 9.80. The number of hydrogen-bond acceptors (Lipinski definition) is 6. The van der Waals surface area contributed by atoms with Gasteiger partial charge in [0.05, 0.1) is 23.6 Å². The number of rotatable bonds is 4. The van der Waals surface area contributed by atoms with E-state index in [9.17, 15) is 9.59 Å². The Balaban J connectivity index is 1.46. The van der Waals surface area contributed by atoms with Crippen LogP contribution in [0.4, 0.5) is 0 Å². The Morgan fingerprint density at radius 3 is 2.59 bits per heavy atom. The first kappa shape index (κ1) is 22.1. The fourth-order valence-corrected chi connectivity index (χ4v) is 4.52. The predicted octanol–water partition coefficient (Wildman–Crippen LogP) is 5.04. The maximum atomic E-state index is 12.8. The molecule has 2 aromatic heterocycles. The summed E-state index contributed by atoms with van der Waals surface area (Å²) in [6.07, 6.45) is 1.69. The van der Waals surface area contributed by atoms with Crippen molar-refractivity contribution in [1.29, 1.82) is 0 Å². The lowest BCUT2D eigenvalue weighted by Gasteiger charge is -2.17. The van der Waals surface area contributed by atoms with E-state index in [1.54, 1.807) is 6.26 Å². The molecule has 3 heterocycles. The monoisotopic (exact) mass is 461 g/mol. The van der Waals surface area contributed by atoms with E-state index < -0.39 is 5.63 Å². The van der Waals surface area contributed by atoms with Gasteiger partial charge in [-0.05, 0) is 54.2 Å². The summed E-state index contributed by atoms with van der Waals surface area (Å²) in [5, 5.41) is 4.63. The summed E-state index contributed by atoms with van der Waals surface area (Å²) in [5.74, 6) is 1.07. The Hall–Kier alpha value is -3.74. The molecule has 176 valence electrons. The van der Waals surface area contributed by atoms with E-state index in [0.717, 1.165) is 27.5 Å². The highest BCUT2D eigenvalue weighted by Crippen LogP contribution is 2.39. The number of benzene rings is 2. The standard InChI is InChI=1S/C27H27NO6/c1-14-8-21-24(25-23(14)18(12-31-25)27(3,4)5)15(2)17(26(30)34-21)10-22(29)28-11-16-6-7-19-20(9-16)33-13-32-19/h6-9,12H,10-11,13H2,1-5H3,(H,28,29). The van der Waals surface area contributed by atoms with Crippen molar-refractivity contribution < 1.29 is 23.1 Å². The zero-order valence-corrected chi connectivity index (χ0v) is 20.0. The van der Waals surface area contributed by atoms with Crippen LogP contribution in [0.2, 0.25) is 0 Å². The SMILES string of the molecule is Cc1cc2oc(=O)c(CC(=O)NCc3ccc4c(c3)OCO4)c(C)c2c2occ(C(C)(C)C)c12. The summed E-state index contributed by atoms with van der Waals surface area (Å²) in [5.41, 5.74) is 4.51. The molecule has 0 unspecified atom stereocenters. The summed E-state index contributed by atoms with van der Waals surface area (Å²) < 4.78 is 22.4. The minimum absolute atomic E-state index is 0.0864. The first-order chi connectivity index (χ1) is 16.1. The van der Waals surface area contributed by atoms with Gasteiger partial charge in [-0.3, -0.25) is 4.79 Å². The molecule has 0 fully saturated rings. The van der Waals surface area contributed by atoms with Crippen LogP contribution in [-0.2, 0) is 23.2 Å². The first-order valence-electron chi connectivity index (χ1n) is 11.3. The maximum absolute atomic E-state index is 12.8. The lowest BCUT2D eigenvalue weighted by Crippen LogP contribution is -2.27. The molecule has 2 aromatic carbocycles. The Kier molecular flexibility index (Phi) is 5.15. The number of fused-ring (bicyclic) bond motifs is 4. The summed E-state index contributed by atoms with van der Waals surface area (Å²) in [6.45, 7) is 10.7. The summed E-state index contributed by atoms with van der Waals surface area (Å²) in [6, 6.07) is 7.39. The molecule has 7 nitrogen and oxygen atoms in total. The number of amides is 1. The molecule has 1 amide bonds. The third-order valence-corrected chi connectivity index (χ3v) is 6.36. The average Bonchev–Trinajstić information content (AvgIpc) is 3.42. The van der Waals surface area contributed by atoms with E-state index >= 15 is 0 Å². The lowest BCUT2D eigenvalue weighted by atomic mass is 9.85. The number of ether oxygens (including phenoxy) is 2. The molecule has 4 aromatic rings. The Morgan fingerprint density at radius 1 is 1.06 bits per heavy atom. The van der Waals surface area contributed by atoms with Crippen molar-refractivity contribution >= 4 is 27.8 Å². The molecule has 0 saturated carbocycles. The molecule has 0 bridgehead atoms. The van der Waals surface area contributed by atoms with Crippen molar-refractivity contribution in [2.45, 2.75) is 53.0 Å². The van der Waals surface area contributed by atoms with Crippen LogP contribution in [-0.4, -0.2) is 12.7 Å². The summed E-state index contributed by atoms with van der Waals surface area (Å²) in [4.78, 5) is 25.5. The van der Waals surface area contributed by atoms with Gasteiger partial charge in [0, 0.05) is 17.5 Å². The molecule has 7 heteroatoms. The number of carbonyl (C=O) groups is 1. The number of nitrogens with one attached hydrogen (secondary N) is 1. The molecule has 0 radical (unpaired) electrons. The average molecular weight is 462 g/mol. The van der Waals surface area contributed by atoms with Crippen molar-refractivity contribution in [3.8, 4) is 11.5 Å². The minimum Gasteiger partial charge on any atom is -0.463 e. The topological polar surface area (TPSA) is 90.9 Å². The fraction of sp³-hybridized carbons (Fsp3) is 0.333. The van der Waals surface area contributed by atoms with Crippen molar-refractivity contribution in [1.82, 2.24) is 5.32 Å². The molecule has 1 N–H and O–H groups in total. The van der Waals surface area contributed by atoms with Crippen LogP contribution in [0.25, 0.3) is 21.9 Å². The van der Waals surface area contributed by atoms with Gasteiger partial charge in [-0.25, -0.2) is 4.79 Å². The molecule has 0 aliphatic carbocycles. The molecule has 5 rings (SSSR count). The van der Waals surface area contributed by atoms with Gasteiger partial charge in [-0.15, -0.1) is 0 Å². The molecule has 0 atom stereocenters. The van der Waals surface area contributed by atoms with Crippen molar-refractivity contribution in [3.63, 3.8) is 0 Å². The smallest absolute Gasteiger partial charge is 0.340 e. The van der Waals surface area contributed by atoms with Gasteiger partial charge in [0.2, 0.25) is 12.7 Å². The predicted molar refractivity (Wildman–Crippen MR) is 129 cm³/mol. The molecule has 1 aliphatic rings. The van der Waals surface area contributed by atoms with Crippen LogP contribution in [0.5, 0.6) is 11.5 Å². The molecule has 0 spiro atoms. The van der Waals surface area contributed by atoms with Gasteiger partial charge in [-0.1, -0.05) is 26.8 Å². The van der Waals surface area contributed by atoms with E-state index in [-0.39, 0.29) is 24.5 Å². The number of furan rings is 1. The van der Waals surface area contributed by atoms with Crippen LogP contribution in [0.3, 0.4) is 0 Å². The van der Waals surface area contributed by atoms with Gasteiger partial charge < -0.3 is 23.6 Å². The molecule has 0 saturated heterocycles. The molecule has 1 aliphatic heterocycles. The highest BCUT2D eigenvalue weighted by atomic mass is 16.7. The highest BCUT2D eigenvalue weighted by Gasteiger charge is 2.25. The number of hydrogen-bond donors (Lipinski definition) is 1. The second-order valence-electron chi connectivity index (χ2n) is 9.80. The second kappa shape index (κ2) is 7.94. The van der Waals surface area contributed by atoms with Gasteiger partial charge >= 0.3 is 5.63 Å². The normalized spacial score (nSPS) is 13.1. The largest absolute Gasteiger partial charge is 0.463 e. The van der Waals surface area contributed by atoms with Crippen LogP contribution >= 0.6 is 0 Å². The van der Waals surface area contributed by atoms with Crippen molar-refractivity contribution in [2.24, 2.45) is 0 Å². The van der Waals surface area contributed by atoms with E-state index in [0.29, 0.717) is 40.3 Å². The zero-order valence-electron chi connectivity index (χ0n) is 20.0. The molecule has 34 heavy (non-hydrogen) atoms. The zero-order chi connectivity index (χ0) is 24.2. The lowest BCUT2D eigenvalue weighted by molar-refractivity contribution is -0.120. The van der Waals surface area contributed by atoms with Gasteiger partial charge in [-0.2, -0.15) is 0 Å². The quantitative estimate of drug-likeness (QED) is 0.428. The Bertz CT molecular complexity index is 1500. The highest BCUT2D eigenvalue weighted by molar-refractivity contribution is 6.07. The summed E-state index contributed by atoms with van der Waals surface area (Å²) >= 11 is 0. The maximum Gasteiger partial charge on any atom is 0.340 e. The van der Waals surface area contributed by atoms with E-state index in [1.807, 2.05) is 38.1 Å². The van der Waals surface area contributed by atoms with E-state index in [2.05, 4.69) is 26.1 Å². The molecular weight excluding hydrogens is 434 g/mol. The van der Waals surface area contributed by atoms with Crippen LogP contribution < -0.4 is 20.4 Å². The Labute approximate surface area is 196 Å². The van der Waals surface area contributed by atoms with Crippen molar-refractivity contribution in [3.05, 3.63) is 68.8 Å². The minimum atomic E-state index is -0.510. The van der Waals surface area contributed by atoms with Crippen molar-refractivity contribution in [2.75, 3.05) is 6.79 Å². The Morgan fingerprint density at radius 2 is 1.82 bits per heavy atom. The number of aryl methyl sites for hydroxylation is 2. The van der Waals surface area contributed by atoms with E-state index in [4.69, 9.17) is 18.3 Å². The third-order valence-electron chi connectivity index (χ3n) is 6.36. The molecular formula is C27H27NO6. The third kappa shape index (κ3) is 3.71. The first-order valence-corrected chi connectivity index (χ1v) is 11.3. The van der Waals surface area contributed by atoms with Gasteiger partial charge in [0.1, 0.15) is 11.2 Å². The van der Waals surface area contributed by atoms with E-state index in [1.165, 1.54) is 0 Å². The number of carbonyl (C=O) groups excluding carboxylic acids is 1. The van der Waals surface area contributed by atoms with Gasteiger partial charge in [0.25, 0.3) is 0 Å². The van der Waals surface area contributed by atoms with Crippen LogP contribution in [0.15, 0.2) is 44.2 Å². The van der Waals surface area contributed by atoms with Gasteiger partial charge in [0.15, 0.2) is 11.5 Å². The van der Waals surface area contributed by atoms with Crippen LogP contribution in [0, 0.1) is 13.8 Å². The van der Waals surface area contributed by atoms with Crippen LogP contribution in [0.1, 0.15) is 48.6 Å².